The van der Waals surface area contributed by atoms with Crippen molar-refractivity contribution in [3.8, 4) is 0 Å². The summed E-state index contributed by atoms with van der Waals surface area (Å²) in [5.74, 6) is 0.376. The van der Waals surface area contributed by atoms with Gasteiger partial charge in [-0.3, -0.25) is 4.68 Å². The Kier molecular flexibility index (Phi) is 6.22. The molecular weight excluding hydrogens is 312 g/mol. The van der Waals surface area contributed by atoms with Gasteiger partial charge in [-0.25, -0.2) is 8.42 Å². The summed E-state index contributed by atoms with van der Waals surface area (Å²) in [4.78, 5) is 0.369. The number of nitrogens with zero attached hydrogens (tertiary/aromatic N) is 3. The van der Waals surface area contributed by atoms with Crippen LogP contribution in [0.25, 0.3) is 0 Å². The Bertz CT molecular complexity index is 583. The Hall–Kier alpha value is -0.630. The van der Waals surface area contributed by atoms with E-state index in [4.69, 9.17) is 5.73 Å². The van der Waals surface area contributed by atoms with Crippen molar-refractivity contribution >= 4 is 22.4 Å². The molecule has 1 aromatic rings. The van der Waals surface area contributed by atoms with Gasteiger partial charge < -0.3 is 5.73 Å². The van der Waals surface area contributed by atoms with E-state index in [1.165, 1.54) is 0 Å². The van der Waals surface area contributed by atoms with Gasteiger partial charge >= 0.3 is 0 Å². The molecule has 21 heavy (non-hydrogen) atoms. The summed E-state index contributed by atoms with van der Waals surface area (Å²) >= 11 is 0. The molecule has 8 heteroatoms. The minimum Gasteiger partial charge on any atom is -0.330 e. The van der Waals surface area contributed by atoms with Gasteiger partial charge in [-0.15, -0.1) is 12.4 Å². The Labute approximate surface area is 133 Å². The van der Waals surface area contributed by atoms with Gasteiger partial charge in [0.1, 0.15) is 4.90 Å². The molecule has 0 aromatic carbocycles. The van der Waals surface area contributed by atoms with Gasteiger partial charge in [-0.05, 0) is 45.6 Å². The summed E-state index contributed by atoms with van der Waals surface area (Å²) in [5, 5.41) is 4.22. The SMILES string of the molecule is Cc1nn(C)c(C)c1S(=O)(=O)N1CCCC(CCN)C1.Cl. The van der Waals surface area contributed by atoms with Crippen molar-refractivity contribution in [2.24, 2.45) is 18.7 Å². The van der Waals surface area contributed by atoms with E-state index in [-0.39, 0.29) is 12.4 Å². The maximum atomic E-state index is 12.8. The number of hydrogen-bond donors (Lipinski definition) is 1. The number of aromatic nitrogens is 2. The second-order valence-corrected chi connectivity index (χ2v) is 7.45. The van der Waals surface area contributed by atoms with Gasteiger partial charge in [0.2, 0.25) is 10.0 Å². The van der Waals surface area contributed by atoms with Gasteiger partial charge in [-0.2, -0.15) is 9.40 Å². The number of nitrogens with two attached hydrogens (primary N) is 1. The second-order valence-electron chi connectivity index (χ2n) is 5.57. The van der Waals surface area contributed by atoms with Crippen LogP contribution in [-0.2, 0) is 17.1 Å². The molecule has 1 saturated heterocycles. The highest BCUT2D eigenvalue weighted by Crippen LogP contribution is 2.28. The first-order valence-electron chi connectivity index (χ1n) is 7.08. The van der Waals surface area contributed by atoms with Crippen LogP contribution in [-0.4, -0.2) is 42.1 Å². The Morgan fingerprint density at radius 3 is 2.57 bits per heavy atom. The highest BCUT2D eigenvalue weighted by molar-refractivity contribution is 7.89. The first kappa shape index (κ1) is 18.4. The minimum atomic E-state index is -3.44. The fourth-order valence-electron chi connectivity index (χ4n) is 2.97. The number of halogens is 1. The van der Waals surface area contributed by atoms with Crippen molar-refractivity contribution in [3.05, 3.63) is 11.4 Å². The molecule has 6 nitrogen and oxygen atoms in total. The molecule has 0 amide bonds. The Morgan fingerprint density at radius 2 is 2.05 bits per heavy atom. The third-order valence-corrected chi connectivity index (χ3v) is 6.22. The number of sulfonamides is 1. The third-order valence-electron chi connectivity index (χ3n) is 4.10. The Morgan fingerprint density at radius 1 is 1.38 bits per heavy atom. The molecule has 2 rings (SSSR count). The highest BCUT2D eigenvalue weighted by atomic mass is 35.5. The first-order valence-corrected chi connectivity index (χ1v) is 8.52. The van der Waals surface area contributed by atoms with Crippen LogP contribution >= 0.6 is 12.4 Å². The predicted molar refractivity (Wildman–Crippen MR) is 85.1 cm³/mol. The lowest BCUT2D eigenvalue weighted by Gasteiger charge is -2.31. The summed E-state index contributed by atoms with van der Waals surface area (Å²) in [5.41, 5.74) is 6.87. The summed E-state index contributed by atoms with van der Waals surface area (Å²) in [6.45, 7) is 5.34. The zero-order valence-electron chi connectivity index (χ0n) is 12.9. The molecule has 0 saturated carbocycles. The van der Waals surface area contributed by atoms with Crippen molar-refractivity contribution < 1.29 is 8.42 Å². The molecule has 0 spiro atoms. The molecule has 1 fully saturated rings. The monoisotopic (exact) mass is 336 g/mol. The average molecular weight is 337 g/mol. The van der Waals surface area contributed by atoms with Gasteiger partial charge in [0.15, 0.2) is 0 Å². The fourth-order valence-corrected chi connectivity index (χ4v) is 4.93. The van der Waals surface area contributed by atoms with E-state index in [0.29, 0.717) is 41.8 Å². The molecule has 0 radical (unpaired) electrons. The first-order chi connectivity index (χ1) is 9.37. The van der Waals surface area contributed by atoms with E-state index in [2.05, 4.69) is 5.10 Å². The lowest BCUT2D eigenvalue weighted by Crippen LogP contribution is -2.40. The lowest BCUT2D eigenvalue weighted by molar-refractivity contribution is 0.258. The van der Waals surface area contributed by atoms with Crippen LogP contribution in [0.5, 0.6) is 0 Å². The average Bonchev–Trinajstić information content (AvgIpc) is 2.64. The van der Waals surface area contributed by atoms with Crippen LogP contribution < -0.4 is 5.73 Å². The van der Waals surface area contributed by atoms with E-state index < -0.39 is 10.0 Å². The predicted octanol–water partition coefficient (Wildman–Crippen LogP) is 1.21. The number of rotatable bonds is 4. The van der Waals surface area contributed by atoms with Gasteiger partial charge in [0, 0.05) is 20.1 Å². The van der Waals surface area contributed by atoms with Crippen LogP contribution in [0, 0.1) is 19.8 Å². The largest absolute Gasteiger partial charge is 0.330 e. The van der Waals surface area contributed by atoms with Crippen LogP contribution in [0.1, 0.15) is 30.7 Å². The molecule has 1 unspecified atom stereocenters. The van der Waals surface area contributed by atoms with Crippen molar-refractivity contribution in [3.63, 3.8) is 0 Å². The van der Waals surface area contributed by atoms with Crippen molar-refractivity contribution in [2.45, 2.75) is 38.0 Å². The van der Waals surface area contributed by atoms with Crippen molar-refractivity contribution in [2.75, 3.05) is 19.6 Å². The molecule has 0 bridgehead atoms. The second kappa shape index (κ2) is 7.09. The van der Waals surface area contributed by atoms with Crippen molar-refractivity contribution in [1.29, 1.82) is 0 Å². The van der Waals surface area contributed by atoms with E-state index in [0.717, 1.165) is 19.3 Å². The molecule has 2 heterocycles. The number of aryl methyl sites for hydroxylation is 2. The standard InChI is InChI=1S/C13H24N4O2S.ClH/c1-10-13(11(2)16(3)15-10)20(18,19)17-8-4-5-12(9-17)6-7-14;/h12H,4-9,14H2,1-3H3;1H. The summed E-state index contributed by atoms with van der Waals surface area (Å²) in [6, 6.07) is 0. The zero-order valence-corrected chi connectivity index (χ0v) is 14.5. The molecule has 1 atom stereocenters. The molecule has 2 N–H and O–H groups in total. The molecule has 0 aliphatic carbocycles. The van der Waals surface area contributed by atoms with E-state index in [9.17, 15) is 8.42 Å². The van der Waals surface area contributed by atoms with E-state index in [1.54, 1.807) is 29.9 Å². The van der Waals surface area contributed by atoms with E-state index in [1.807, 2.05) is 0 Å². The van der Waals surface area contributed by atoms with Gasteiger partial charge in [0.05, 0.1) is 11.4 Å². The normalized spacial score (nSPS) is 20.3. The molecule has 1 aromatic heterocycles. The third kappa shape index (κ3) is 3.59. The van der Waals surface area contributed by atoms with E-state index >= 15 is 0 Å². The topological polar surface area (TPSA) is 81.2 Å². The number of piperidine rings is 1. The van der Waals surface area contributed by atoms with Gasteiger partial charge in [-0.1, -0.05) is 0 Å². The minimum absolute atomic E-state index is 0. The molecule has 1 aliphatic rings. The van der Waals surface area contributed by atoms with Crippen molar-refractivity contribution in [1.82, 2.24) is 14.1 Å². The van der Waals surface area contributed by atoms with Crippen LogP contribution in [0.3, 0.4) is 0 Å². The molecular formula is C13H25ClN4O2S. The van der Waals surface area contributed by atoms with Gasteiger partial charge in [0.25, 0.3) is 0 Å². The zero-order chi connectivity index (χ0) is 14.9. The number of hydrogen-bond acceptors (Lipinski definition) is 4. The van der Waals surface area contributed by atoms with Crippen LogP contribution in [0.2, 0.25) is 0 Å². The summed E-state index contributed by atoms with van der Waals surface area (Å²) < 4.78 is 28.9. The lowest BCUT2D eigenvalue weighted by atomic mass is 9.96. The summed E-state index contributed by atoms with van der Waals surface area (Å²) in [7, 11) is -1.67. The van der Waals surface area contributed by atoms with Crippen LogP contribution in [0.15, 0.2) is 4.90 Å². The Balaban J connectivity index is 0.00000220. The van der Waals surface area contributed by atoms with Crippen LogP contribution in [0.4, 0.5) is 0 Å². The highest BCUT2D eigenvalue weighted by Gasteiger charge is 2.33. The maximum Gasteiger partial charge on any atom is 0.246 e. The molecule has 122 valence electrons. The summed E-state index contributed by atoms with van der Waals surface area (Å²) in [6.07, 6.45) is 2.85. The smallest absolute Gasteiger partial charge is 0.246 e. The fraction of sp³-hybridized carbons (Fsp3) is 0.769. The molecule has 1 aliphatic heterocycles. The quantitative estimate of drug-likeness (QED) is 0.896. The maximum absolute atomic E-state index is 12.8.